The summed E-state index contributed by atoms with van der Waals surface area (Å²) in [4.78, 5) is 10.6. The molecule has 3 nitrogen and oxygen atoms in total. The molecule has 13 heavy (non-hydrogen) atoms. The number of carboxylic acid groups (broad SMARTS) is 1. The molecule has 0 bridgehead atoms. The summed E-state index contributed by atoms with van der Waals surface area (Å²) in [5.41, 5.74) is 0. The van der Waals surface area contributed by atoms with Gasteiger partial charge in [0, 0.05) is 0 Å². The van der Waals surface area contributed by atoms with Gasteiger partial charge in [-0.05, 0) is 38.3 Å². The molecule has 1 heterocycles. The molecule has 1 rings (SSSR count). The highest BCUT2D eigenvalue weighted by atomic mass is 35.5. The molecule has 1 aliphatic rings. The van der Waals surface area contributed by atoms with E-state index < -0.39 is 5.97 Å². The van der Waals surface area contributed by atoms with Crippen LogP contribution in [0, 0.1) is 11.8 Å². The van der Waals surface area contributed by atoms with Gasteiger partial charge in [0.2, 0.25) is 0 Å². The minimum atomic E-state index is -0.659. The molecule has 0 radical (unpaired) electrons. The van der Waals surface area contributed by atoms with Crippen LogP contribution in [0.2, 0.25) is 0 Å². The van der Waals surface area contributed by atoms with Crippen molar-refractivity contribution in [3.8, 4) is 0 Å². The van der Waals surface area contributed by atoms with E-state index in [1.54, 1.807) is 6.92 Å². The summed E-state index contributed by atoms with van der Waals surface area (Å²) in [6, 6.07) is 0. The van der Waals surface area contributed by atoms with E-state index in [4.69, 9.17) is 5.11 Å². The van der Waals surface area contributed by atoms with Gasteiger partial charge in [0.05, 0.1) is 5.92 Å². The summed E-state index contributed by atoms with van der Waals surface area (Å²) in [6.07, 6.45) is 3.12. The van der Waals surface area contributed by atoms with Gasteiger partial charge in [-0.2, -0.15) is 0 Å². The summed E-state index contributed by atoms with van der Waals surface area (Å²) in [6.45, 7) is 3.90. The van der Waals surface area contributed by atoms with E-state index in [2.05, 4.69) is 5.32 Å². The highest BCUT2D eigenvalue weighted by Gasteiger charge is 2.19. The zero-order chi connectivity index (χ0) is 8.97. The largest absolute Gasteiger partial charge is 0.481 e. The summed E-state index contributed by atoms with van der Waals surface area (Å²) in [5.74, 6) is -0.209. The first-order valence-corrected chi connectivity index (χ1v) is 4.63. The SMILES string of the molecule is CC(CC1CCNCC1)C(=O)O.Cl. The first kappa shape index (κ1) is 12.7. The number of nitrogens with one attached hydrogen (secondary N) is 1. The lowest BCUT2D eigenvalue weighted by Gasteiger charge is -2.23. The fourth-order valence-electron chi connectivity index (χ4n) is 1.72. The molecule has 0 amide bonds. The summed E-state index contributed by atoms with van der Waals surface area (Å²) < 4.78 is 0. The van der Waals surface area contributed by atoms with Gasteiger partial charge >= 0.3 is 5.97 Å². The predicted octanol–water partition coefficient (Wildman–Crippen LogP) is 1.52. The second-order valence-electron chi connectivity index (χ2n) is 3.67. The van der Waals surface area contributed by atoms with Gasteiger partial charge in [-0.1, -0.05) is 6.92 Å². The van der Waals surface area contributed by atoms with Crippen molar-refractivity contribution in [2.75, 3.05) is 13.1 Å². The third-order valence-electron chi connectivity index (χ3n) is 2.57. The Morgan fingerprint density at radius 3 is 2.54 bits per heavy atom. The number of carbonyl (C=O) groups is 1. The number of hydrogen-bond acceptors (Lipinski definition) is 2. The van der Waals surface area contributed by atoms with E-state index in [1.165, 1.54) is 0 Å². The van der Waals surface area contributed by atoms with Gasteiger partial charge in [-0.15, -0.1) is 12.4 Å². The maximum absolute atomic E-state index is 10.6. The molecule has 1 atom stereocenters. The molecule has 1 saturated heterocycles. The van der Waals surface area contributed by atoms with E-state index in [-0.39, 0.29) is 18.3 Å². The fraction of sp³-hybridized carbons (Fsp3) is 0.889. The zero-order valence-corrected chi connectivity index (χ0v) is 8.77. The Labute approximate surface area is 85.3 Å². The van der Waals surface area contributed by atoms with Crippen LogP contribution in [0.4, 0.5) is 0 Å². The average Bonchev–Trinajstić information content (AvgIpc) is 2.06. The highest BCUT2D eigenvalue weighted by molar-refractivity contribution is 5.85. The number of aliphatic carboxylic acids is 1. The van der Waals surface area contributed by atoms with Gasteiger partial charge in [-0.3, -0.25) is 4.79 Å². The topological polar surface area (TPSA) is 49.3 Å². The van der Waals surface area contributed by atoms with Crippen molar-refractivity contribution in [1.82, 2.24) is 5.32 Å². The van der Waals surface area contributed by atoms with Crippen molar-refractivity contribution < 1.29 is 9.90 Å². The summed E-state index contributed by atoms with van der Waals surface area (Å²) in [7, 11) is 0. The van der Waals surface area contributed by atoms with Crippen molar-refractivity contribution in [1.29, 1.82) is 0 Å². The Kier molecular flexibility index (Phi) is 6.08. The van der Waals surface area contributed by atoms with Crippen molar-refractivity contribution in [3.63, 3.8) is 0 Å². The minimum Gasteiger partial charge on any atom is -0.481 e. The Morgan fingerprint density at radius 1 is 1.54 bits per heavy atom. The molecule has 0 aromatic carbocycles. The fourth-order valence-corrected chi connectivity index (χ4v) is 1.72. The molecule has 78 valence electrons. The van der Waals surface area contributed by atoms with Crippen LogP contribution >= 0.6 is 12.4 Å². The molecule has 2 N–H and O–H groups in total. The normalized spacial score (nSPS) is 20.4. The van der Waals surface area contributed by atoms with Crippen molar-refractivity contribution in [3.05, 3.63) is 0 Å². The number of rotatable bonds is 3. The molecule has 0 aromatic heterocycles. The van der Waals surface area contributed by atoms with Gasteiger partial charge in [0.15, 0.2) is 0 Å². The first-order chi connectivity index (χ1) is 5.70. The minimum absolute atomic E-state index is 0. The molecule has 1 unspecified atom stereocenters. The van der Waals surface area contributed by atoms with E-state index in [9.17, 15) is 4.79 Å². The molecule has 0 aromatic rings. The molecule has 1 aliphatic heterocycles. The first-order valence-electron chi connectivity index (χ1n) is 4.63. The van der Waals surface area contributed by atoms with Crippen LogP contribution in [0.5, 0.6) is 0 Å². The quantitative estimate of drug-likeness (QED) is 0.738. The number of carboxylic acids is 1. The van der Waals surface area contributed by atoms with Crippen LogP contribution < -0.4 is 5.32 Å². The maximum atomic E-state index is 10.6. The lowest BCUT2D eigenvalue weighted by Crippen LogP contribution is -2.29. The number of hydrogen-bond donors (Lipinski definition) is 2. The van der Waals surface area contributed by atoms with Gasteiger partial charge in [0.1, 0.15) is 0 Å². The standard InChI is InChI=1S/C9H17NO2.ClH/c1-7(9(11)12)6-8-2-4-10-5-3-8;/h7-8,10H,2-6H2,1H3,(H,11,12);1H. The van der Waals surface area contributed by atoms with Crippen LogP contribution in [-0.2, 0) is 4.79 Å². The molecule has 0 spiro atoms. The second kappa shape index (κ2) is 6.22. The smallest absolute Gasteiger partial charge is 0.306 e. The van der Waals surface area contributed by atoms with Crippen molar-refractivity contribution in [2.24, 2.45) is 11.8 Å². The Hall–Kier alpha value is -0.280. The number of piperidine rings is 1. The Morgan fingerprint density at radius 2 is 2.08 bits per heavy atom. The van der Waals surface area contributed by atoms with E-state index >= 15 is 0 Å². The predicted molar refractivity (Wildman–Crippen MR) is 54.3 cm³/mol. The molecule has 4 heteroatoms. The molecule has 0 saturated carbocycles. The maximum Gasteiger partial charge on any atom is 0.306 e. The highest BCUT2D eigenvalue weighted by Crippen LogP contribution is 2.20. The third-order valence-corrected chi connectivity index (χ3v) is 2.57. The number of halogens is 1. The van der Waals surface area contributed by atoms with E-state index in [0.29, 0.717) is 5.92 Å². The van der Waals surface area contributed by atoms with Crippen molar-refractivity contribution >= 4 is 18.4 Å². The second-order valence-corrected chi connectivity index (χ2v) is 3.67. The Balaban J connectivity index is 0.00000144. The lowest BCUT2D eigenvalue weighted by molar-refractivity contribution is -0.141. The monoisotopic (exact) mass is 207 g/mol. The van der Waals surface area contributed by atoms with Crippen LogP contribution in [0.15, 0.2) is 0 Å². The van der Waals surface area contributed by atoms with E-state index in [1.807, 2.05) is 0 Å². The van der Waals surface area contributed by atoms with Gasteiger partial charge < -0.3 is 10.4 Å². The van der Waals surface area contributed by atoms with Crippen LogP contribution in [-0.4, -0.2) is 24.2 Å². The van der Waals surface area contributed by atoms with Crippen LogP contribution in [0.25, 0.3) is 0 Å². The lowest BCUT2D eigenvalue weighted by atomic mass is 9.89. The Bertz CT molecular complexity index is 158. The molecule has 1 fully saturated rings. The van der Waals surface area contributed by atoms with Crippen LogP contribution in [0.3, 0.4) is 0 Å². The van der Waals surface area contributed by atoms with E-state index in [0.717, 1.165) is 32.4 Å². The summed E-state index contributed by atoms with van der Waals surface area (Å²) >= 11 is 0. The van der Waals surface area contributed by atoms with Gasteiger partial charge in [0.25, 0.3) is 0 Å². The summed E-state index contributed by atoms with van der Waals surface area (Å²) in [5, 5.41) is 12.0. The van der Waals surface area contributed by atoms with Crippen LogP contribution in [0.1, 0.15) is 26.2 Å². The third kappa shape index (κ3) is 4.48. The zero-order valence-electron chi connectivity index (χ0n) is 7.95. The van der Waals surface area contributed by atoms with Crippen molar-refractivity contribution in [2.45, 2.75) is 26.2 Å². The molecular formula is C9H18ClNO2. The average molecular weight is 208 g/mol. The molecule has 0 aliphatic carbocycles. The van der Waals surface area contributed by atoms with Gasteiger partial charge in [-0.25, -0.2) is 0 Å². The molecular weight excluding hydrogens is 190 g/mol.